The first-order chi connectivity index (χ1) is 11.5. The molecular formula is C17H16FN3O2S. The van der Waals surface area contributed by atoms with Gasteiger partial charge in [-0.1, -0.05) is 24.3 Å². The molecule has 2 aromatic carbocycles. The molecule has 0 radical (unpaired) electrons. The average Bonchev–Trinajstić information content (AvgIpc) is 3.05. The first-order valence-corrected chi connectivity index (χ1v) is 8.97. The Morgan fingerprint density at radius 3 is 2.62 bits per heavy atom. The van der Waals surface area contributed by atoms with Gasteiger partial charge in [0.1, 0.15) is 22.3 Å². The van der Waals surface area contributed by atoms with E-state index < -0.39 is 21.4 Å². The summed E-state index contributed by atoms with van der Waals surface area (Å²) in [6, 6.07) is 14.8. The fourth-order valence-electron chi connectivity index (χ4n) is 2.80. The molecule has 1 aliphatic heterocycles. The van der Waals surface area contributed by atoms with Crippen LogP contribution in [0.25, 0.3) is 0 Å². The zero-order chi connectivity index (χ0) is 17.2. The number of nitrogens with one attached hydrogen (secondary N) is 1. The monoisotopic (exact) mass is 345 g/mol. The molecule has 1 atom stereocenters. The number of para-hydroxylation sites is 1. The Hall–Kier alpha value is -2.43. The van der Waals surface area contributed by atoms with Crippen LogP contribution in [0.5, 0.6) is 0 Å². The molecule has 1 N–H and O–H groups in total. The maximum absolute atomic E-state index is 13.7. The van der Waals surface area contributed by atoms with Gasteiger partial charge in [0, 0.05) is 24.8 Å². The largest absolute Gasteiger partial charge is 0.381 e. The fourth-order valence-corrected chi connectivity index (χ4v) is 4.45. The van der Waals surface area contributed by atoms with Crippen LogP contribution >= 0.6 is 0 Å². The van der Waals surface area contributed by atoms with Crippen molar-refractivity contribution in [3.8, 4) is 6.07 Å². The predicted molar refractivity (Wildman–Crippen MR) is 88.3 cm³/mol. The predicted octanol–water partition coefficient (Wildman–Crippen LogP) is 2.57. The minimum Gasteiger partial charge on any atom is -0.381 e. The number of rotatable bonds is 4. The van der Waals surface area contributed by atoms with Crippen LogP contribution < -0.4 is 5.32 Å². The van der Waals surface area contributed by atoms with Crippen LogP contribution in [0.1, 0.15) is 12.0 Å². The van der Waals surface area contributed by atoms with Gasteiger partial charge in [-0.05, 0) is 30.7 Å². The zero-order valence-corrected chi connectivity index (χ0v) is 13.6. The number of hydrogen-bond acceptors (Lipinski definition) is 4. The number of halogens is 1. The smallest absolute Gasteiger partial charge is 0.244 e. The molecule has 0 bridgehead atoms. The summed E-state index contributed by atoms with van der Waals surface area (Å²) >= 11 is 0. The number of anilines is 1. The maximum Gasteiger partial charge on any atom is 0.244 e. The van der Waals surface area contributed by atoms with Crippen molar-refractivity contribution in [2.75, 3.05) is 18.4 Å². The van der Waals surface area contributed by atoms with E-state index in [2.05, 4.69) is 5.32 Å². The summed E-state index contributed by atoms with van der Waals surface area (Å²) in [5, 5.41) is 12.4. The zero-order valence-electron chi connectivity index (χ0n) is 12.8. The summed E-state index contributed by atoms with van der Waals surface area (Å²) < 4.78 is 40.5. The van der Waals surface area contributed by atoms with Crippen LogP contribution in [-0.2, 0) is 10.0 Å². The lowest BCUT2D eigenvalue weighted by molar-refractivity contribution is 0.473. The second-order valence-electron chi connectivity index (χ2n) is 5.58. The van der Waals surface area contributed by atoms with Gasteiger partial charge in [-0.15, -0.1) is 0 Å². The quantitative estimate of drug-likeness (QED) is 0.924. The maximum atomic E-state index is 13.7. The van der Waals surface area contributed by atoms with Crippen molar-refractivity contribution in [3.63, 3.8) is 0 Å². The van der Waals surface area contributed by atoms with Crippen LogP contribution in [0.2, 0.25) is 0 Å². The third-order valence-corrected chi connectivity index (χ3v) is 5.91. The van der Waals surface area contributed by atoms with Crippen molar-refractivity contribution in [2.24, 2.45) is 0 Å². The molecule has 3 rings (SSSR count). The number of nitrogens with zero attached hydrogens (tertiary/aromatic N) is 2. The van der Waals surface area contributed by atoms with Crippen molar-refractivity contribution in [3.05, 3.63) is 59.9 Å². The first kappa shape index (κ1) is 16.4. The minimum absolute atomic E-state index is 0.0266. The molecule has 0 aliphatic carbocycles. The van der Waals surface area contributed by atoms with Crippen molar-refractivity contribution < 1.29 is 12.8 Å². The number of hydrogen-bond donors (Lipinski definition) is 1. The summed E-state index contributed by atoms with van der Waals surface area (Å²) in [5.74, 6) is -0.822. The van der Waals surface area contributed by atoms with Gasteiger partial charge in [0.15, 0.2) is 0 Å². The van der Waals surface area contributed by atoms with Gasteiger partial charge in [0.25, 0.3) is 0 Å². The lowest BCUT2D eigenvalue weighted by Crippen LogP contribution is -2.32. The SMILES string of the molecule is N#Cc1c(F)cccc1S(=O)(=O)N1CC[C@H](Nc2ccccc2)C1. The Balaban J connectivity index is 1.80. The van der Waals surface area contributed by atoms with Crippen molar-refractivity contribution in [1.29, 1.82) is 5.26 Å². The summed E-state index contributed by atoms with van der Waals surface area (Å²) in [5.41, 5.74) is 0.488. The first-order valence-electron chi connectivity index (χ1n) is 7.52. The van der Waals surface area contributed by atoms with Crippen molar-refractivity contribution in [2.45, 2.75) is 17.4 Å². The molecule has 1 aliphatic rings. The Bertz CT molecular complexity index is 878. The molecule has 0 saturated carbocycles. The van der Waals surface area contributed by atoms with Crippen molar-refractivity contribution in [1.82, 2.24) is 4.31 Å². The van der Waals surface area contributed by atoms with Crippen LogP contribution in [0.15, 0.2) is 53.4 Å². The molecule has 0 spiro atoms. The highest BCUT2D eigenvalue weighted by atomic mass is 32.2. The highest BCUT2D eigenvalue weighted by Gasteiger charge is 2.34. The molecule has 0 unspecified atom stereocenters. The summed E-state index contributed by atoms with van der Waals surface area (Å²) in [4.78, 5) is -0.273. The molecule has 1 fully saturated rings. The molecule has 24 heavy (non-hydrogen) atoms. The van der Waals surface area contributed by atoms with Gasteiger partial charge in [0.2, 0.25) is 10.0 Å². The van der Waals surface area contributed by atoms with E-state index in [1.54, 1.807) is 6.07 Å². The average molecular weight is 345 g/mol. The number of sulfonamides is 1. The van der Waals surface area contributed by atoms with Crippen LogP contribution in [-0.4, -0.2) is 31.9 Å². The topological polar surface area (TPSA) is 73.2 Å². The summed E-state index contributed by atoms with van der Waals surface area (Å²) in [6.45, 7) is 0.604. The highest BCUT2D eigenvalue weighted by molar-refractivity contribution is 7.89. The van der Waals surface area contributed by atoms with Gasteiger partial charge < -0.3 is 5.32 Å². The molecule has 7 heteroatoms. The van der Waals surface area contributed by atoms with Crippen LogP contribution in [0.4, 0.5) is 10.1 Å². The highest BCUT2D eigenvalue weighted by Crippen LogP contribution is 2.26. The Morgan fingerprint density at radius 2 is 1.92 bits per heavy atom. The van der Waals surface area contributed by atoms with Crippen LogP contribution in [0, 0.1) is 17.1 Å². The van der Waals surface area contributed by atoms with E-state index in [1.807, 2.05) is 30.3 Å². The standard InChI is InChI=1S/C17H16FN3O2S/c18-16-7-4-8-17(15(16)11-19)24(22,23)21-10-9-14(12-21)20-13-5-2-1-3-6-13/h1-8,14,20H,9-10,12H2/t14-/m0/s1. The Kier molecular flexibility index (Phi) is 4.51. The van der Waals surface area contributed by atoms with E-state index >= 15 is 0 Å². The minimum atomic E-state index is -3.90. The lowest BCUT2D eigenvalue weighted by Gasteiger charge is -2.18. The normalized spacial score (nSPS) is 18.2. The summed E-state index contributed by atoms with van der Waals surface area (Å²) in [6.07, 6.45) is 0.644. The Morgan fingerprint density at radius 1 is 1.17 bits per heavy atom. The second kappa shape index (κ2) is 6.59. The van der Waals surface area contributed by atoms with E-state index in [0.29, 0.717) is 13.0 Å². The third-order valence-electron chi connectivity index (χ3n) is 4.00. The van der Waals surface area contributed by atoms with Gasteiger partial charge in [-0.2, -0.15) is 9.57 Å². The molecule has 0 aromatic heterocycles. The Labute approximate surface area is 140 Å². The van der Waals surface area contributed by atoms with Gasteiger partial charge in [-0.25, -0.2) is 12.8 Å². The van der Waals surface area contributed by atoms with E-state index in [1.165, 1.54) is 16.4 Å². The third kappa shape index (κ3) is 3.11. The second-order valence-corrected chi connectivity index (χ2v) is 7.49. The molecular weight excluding hydrogens is 329 g/mol. The van der Waals surface area contributed by atoms with E-state index in [9.17, 15) is 12.8 Å². The number of benzene rings is 2. The van der Waals surface area contributed by atoms with Gasteiger partial charge >= 0.3 is 0 Å². The molecule has 1 heterocycles. The van der Waals surface area contributed by atoms with Gasteiger partial charge in [-0.3, -0.25) is 0 Å². The van der Waals surface area contributed by atoms with E-state index in [-0.39, 0.29) is 17.5 Å². The van der Waals surface area contributed by atoms with Crippen LogP contribution in [0.3, 0.4) is 0 Å². The van der Waals surface area contributed by atoms with Gasteiger partial charge in [0.05, 0.1) is 0 Å². The molecule has 124 valence electrons. The number of nitriles is 1. The van der Waals surface area contributed by atoms with E-state index in [4.69, 9.17) is 5.26 Å². The lowest BCUT2D eigenvalue weighted by atomic mass is 10.2. The summed E-state index contributed by atoms with van der Waals surface area (Å²) in [7, 11) is -3.90. The van der Waals surface area contributed by atoms with E-state index in [0.717, 1.165) is 11.8 Å². The molecule has 5 nitrogen and oxygen atoms in total. The van der Waals surface area contributed by atoms with Crippen molar-refractivity contribution >= 4 is 15.7 Å². The molecule has 0 amide bonds. The fraction of sp³-hybridized carbons (Fsp3) is 0.235. The molecule has 1 saturated heterocycles. The molecule has 2 aromatic rings.